The number of anilines is 1. The molecule has 1 aromatic rings. The fourth-order valence-corrected chi connectivity index (χ4v) is 4.18. The maximum absolute atomic E-state index is 12.0. The SMILES string of the molecule is CCS(=O)C1CCCC(Nc2nccc(C)c2[N+](=O)[O-])C1. The van der Waals surface area contributed by atoms with Gasteiger partial charge in [0.05, 0.1) is 4.92 Å². The molecule has 0 saturated heterocycles. The van der Waals surface area contributed by atoms with Gasteiger partial charge in [-0.2, -0.15) is 0 Å². The summed E-state index contributed by atoms with van der Waals surface area (Å²) >= 11 is 0. The molecule has 1 heterocycles. The quantitative estimate of drug-likeness (QED) is 0.667. The van der Waals surface area contributed by atoms with Gasteiger partial charge in [-0.05, 0) is 32.3 Å². The first-order valence-electron chi connectivity index (χ1n) is 7.26. The van der Waals surface area contributed by atoms with Crippen LogP contribution in [0.2, 0.25) is 0 Å². The van der Waals surface area contributed by atoms with Crippen molar-refractivity contribution >= 4 is 22.3 Å². The number of rotatable bonds is 5. The van der Waals surface area contributed by atoms with Gasteiger partial charge in [-0.15, -0.1) is 0 Å². The molecule has 0 aliphatic heterocycles. The number of hydrogen-bond acceptors (Lipinski definition) is 5. The molecule has 3 unspecified atom stereocenters. The van der Waals surface area contributed by atoms with E-state index in [0.717, 1.165) is 25.7 Å². The highest BCUT2D eigenvalue weighted by molar-refractivity contribution is 7.85. The second kappa shape index (κ2) is 6.98. The van der Waals surface area contributed by atoms with Crippen LogP contribution < -0.4 is 5.32 Å². The van der Waals surface area contributed by atoms with Gasteiger partial charge in [0, 0.05) is 39.6 Å². The Balaban J connectivity index is 2.13. The van der Waals surface area contributed by atoms with Crippen molar-refractivity contribution in [1.82, 2.24) is 4.98 Å². The Morgan fingerprint density at radius 2 is 2.29 bits per heavy atom. The van der Waals surface area contributed by atoms with Gasteiger partial charge in [-0.3, -0.25) is 14.3 Å². The highest BCUT2D eigenvalue weighted by atomic mass is 32.2. The van der Waals surface area contributed by atoms with Crippen molar-refractivity contribution in [2.24, 2.45) is 0 Å². The summed E-state index contributed by atoms with van der Waals surface area (Å²) in [6, 6.07) is 1.74. The first kappa shape index (κ1) is 15.9. The minimum Gasteiger partial charge on any atom is -0.362 e. The van der Waals surface area contributed by atoms with Gasteiger partial charge in [-0.25, -0.2) is 4.98 Å². The lowest BCUT2D eigenvalue weighted by Gasteiger charge is -2.29. The number of nitrogens with zero attached hydrogens (tertiary/aromatic N) is 2. The van der Waals surface area contributed by atoms with Crippen molar-refractivity contribution in [3.05, 3.63) is 27.9 Å². The molecule has 1 fully saturated rings. The summed E-state index contributed by atoms with van der Waals surface area (Å²) in [5, 5.41) is 14.6. The average Bonchev–Trinajstić information content (AvgIpc) is 2.46. The highest BCUT2D eigenvalue weighted by Gasteiger charge is 2.28. The van der Waals surface area contributed by atoms with E-state index in [1.807, 2.05) is 6.92 Å². The van der Waals surface area contributed by atoms with E-state index in [1.54, 1.807) is 19.2 Å². The molecule has 116 valence electrons. The van der Waals surface area contributed by atoms with Gasteiger partial charge in [-0.1, -0.05) is 13.3 Å². The second-order valence-electron chi connectivity index (χ2n) is 5.38. The summed E-state index contributed by atoms with van der Waals surface area (Å²) in [4.78, 5) is 14.9. The first-order chi connectivity index (χ1) is 10.0. The van der Waals surface area contributed by atoms with Crippen molar-refractivity contribution < 1.29 is 9.13 Å². The zero-order valence-electron chi connectivity index (χ0n) is 12.4. The van der Waals surface area contributed by atoms with Crippen LogP contribution in [0.15, 0.2) is 12.3 Å². The summed E-state index contributed by atoms with van der Waals surface area (Å²) in [6.45, 7) is 3.64. The van der Waals surface area contributed by atoms with Gasteiger partial charge in [0.1, 0.15) is 0 Å². The van der Waals surface area contributed by atoms with E-state index < -0.39 is 15.7 Å². The smallest absolute Gasteiger partial charge is 0.314 e. The van der Waals surface area contributed by atoms with Gasteiger partial charge in [0.25, 0.3) is 0 Å². The normalized spacial score (nSPS) is 23.5. The van der Waals surface area contributed by atoms with Crippen LogP contribution in [-0.4, -0.2) is 31.2 Å². The Morgan fingerprint density at radius 1 is 1.52 bits per heavy atom. The lowest BCUT2D eigenvalue weighted by Crippen LogP contribution is -2.33. The molecule has 2 rings (SSSR count). The first-order valence-corrected chi connectivity index (χ1v) is 8.64. The van der Waals surface area contributed by atoms with Crippen molar-refractivity contribution in [2.45, 2.75) is 50.8 Å². The highest BCUT2D eigenvalue weighted by Crippen LogP contribution is 2.30. The number of pyridine rings is 1. The van der Waals surface area contributed by atoms with Crippen molar-refractivity contribution in [2.75, 3.05) is 11.1 Å². The zero-order valence-corrected chi connectivity index (χ0v) is 13.2. The number of nitro groups is 1. The molecule has 3 atom stereocenters. The fraction of sp³-hybridized carbons (Fsp3) is 0.643. The summed E-state index contributed by atoms with van der Waals surface area (Å²) in [7, 11) is -0.805. The zero-order chi connectivity index (χ0) is 15.4. The van der Waals surface area contributed by atoms with Crippen molar-refractivity contribution in [3.8, 4) is 0 Å². The largest absolute Gasteiger partial charge is 0.362 e. The minimum absolute atomic E-state index is 0.0382. The average molecular weight is 311 g/mol. The molecular weight excluding hydrogens is 290 g/mol. The molecule has 1 aromatic heterocycles. The number of nitrogens with one attached hydrogen (secondary N) is 1. The van der Waals surface area contributed by atoms with Crippen LogP contribution in [0.5, 0.6) is 0 Å². The van der Waals surface area contributed by atoms with Crippen LogP contribution in [-0.2, 0) is 10.8 Å². The third-order valence-electron chi connectivity index (χ3n) is 3.93. The second-order valence-corrected chi connectivity index (χ2v) is 7.39. The monoisotopic (exact) mass is 311 g/mol. The van der Waals surface area contributed by atoms with Gasteiger partial charge in [0.15, 0.2) is 0 Å². The summed E-state index contributed by atoms with van der Waals surface area (Å²) in [6.07, 6.45) is 5.27. The molecule has 21 heavy (non-hydrogen) atoms. The molecule has 0 aromatic carbocycles. The molecule has 1 saturated carbocycles. The molecule has 1 N–H and O–H groups in total. The predicted octanol–water partition coefficient (Wildman–Crippen LogP) is 2.79. The molecule has 0 amide bonds. The van der Waals surface area contributed by atoms with Crippen molar-refractivity contribution in [3.63, 3.8) is 0 Å². The van der Waals surface area contributed by atoms with Crippen LogP contribution >= 0.6 is 0 Å². The maximum Gasteiger partial charge on any atom is 0.314 e. The van der Waals surface area contributed by atoms with Crippen LogP contribution in [0.25, 0.3) is 0 Å². The number of aromatic nitrogens is 1. The van der Waals surface area contributed by atoms with E-state index in [-0.39, 0.29) is 17.0 Å². The summed E-state index contributed by atoms with van der Waals surface area (Å²) in [5.74, 6) is 0.994. The third-order valence-corrected chi connectivity index (χ3v) is 5.67. The van der Waals surface area contributed by atoms with Crippen LogP contribution in [0.1, 0.15) is 38.2 Å². The fourth-order valence-electron chi connectivity index (χ4n) is 2.83. The lowest BCUT2D eigenvalue weighted by molar-refractivity contribution is -0.384. The minimum atomic E-state index is -0.805. The number of hydrogen-bond donors (Lipinski definition) is 1. The Labute approximate surface area is 127 Å². The summed E-state index contributed by atoms with van der Waals surface area (Å²) in [5.41, 5.74) is 0.637. The molecule has 1 aliphatic carbocycles. The Hall–Kier alpha value is -1.50. The van der Waals surface area contributed by atoms with Gasteiger partial charge >= 0.3 is 5.69 Å². The molecule has 0 radical (unpaired) electrons. The van der Waals surface area contributed by atoms with Crippen LogP contribution in [0, 0.1) is 17.0 Å². The molecule has 7 heteroatoms. The van der Waals surface area contributed by atoms with E-state index in [0.29, 0.717) is 17.1 Å². The molecular formula is C14H21N3O3S. The molecule has 6 nitrogen and oxygen atoms in total. The Morgan fingerprint density at radius 3 is 2.95 bits per heavy atom. The standard InChI is InChI=1S/C14H21N3O3S/c1-3-21(20)12-6-4-5-11(9-12)16-14-13(17(18)19)10(2)7-8-15-14/h7-8,11-12H,3-6,9H2,1-2H3,(H,15,16). The van der Waals surface area contributed by atoms with E-state index in [2.05, 4.69) is 10.3 Å². The predicted molar refractivity (Wildman–Crippen MR) is 84.0 cm³/mol. The lowest BCUT2D eigenvalue weighted by atomic mass is 9.95. The Bertz CT molecular complexity index is 550. The van der Waals surface area contributed by atoms with E-state index in [9.17, 15) is 14.3 Å². The topological polar surface area (TPSA) is 85.1 Å². The van der Waals surface area contributed by atoms with Crippen molar-refractivity contribution in [1.29, 1.82) is 0 Å². The van der Waals surface area contributed by atoms with Crippen LogP contribution in [0.3, 0.4) is 0 Å². The molecule has 0 bridgehead atoms. The summed E-state index contributed by atoms with van der Waals surface area (Å²) < 4.78 is 12.0. The van der Waals surface area contributed by atoms with E-state index in [4.69, 9.17) is 0 Å². The maximum atomic E-state index is 12.0. The molecule has 1 aliphatic rings. The Kier molecular flexibility index (Phi) is 5.27. The van der Waals surface area contributed by atoms with Crippen LogP contribution in [0.4, 0.5) is 11.5 Å². The van der Waals surface area contributed by atoms with E-state index >= 15 is 0 Å². The third kappa shape index (κ3) is 3.78. The number of aryl methyl sites for hydroxylation is 1. The molecule has 0 spiro atoms. The van der Waals surface area contributed by atoms with E-state index in [1.165, 1.54) is 0 Å². The van der Waals surface area contributed by atoms with Gasteiger partial charge in [0.2, 0.25) is 5.82 Å². The van der Waals surface area contributed by atoms with Gasteiger partial charge < -0.3 is 5.32 Å².